The highest BCUT2D eigenvalue weighted by atomic mass is 16.1. The van der Waals surface area contributed by atoms with Gasteiger partial charge in [0.2, 0.25) is 0 Å². The molecule has 0 saturated carbocycles. The third-order valence-electron chi connectivity index (χ3n) is 3.98. The van der Waals surface area contributed by atoms with Gasteiger partial charge in [-0.2, -0.15) is 0 Å². The summed E-state index contributed by atoms with van der Waals surface area (Å²) < 4.78 is 0. The maximum Gasteiger partial charge on any atom is 0.185 e. The Morgan fingerprint density at radius 1 is 0.762 bits per heavy atom. The van der Waals surface area contributed by atoms with Crippen molar-refractivity contribution < 1.29 is 4.79 Å². The summed E-state index contributed by atoms with van der Waals surface area (Å²) in [6.45, 7) is 12.7. The lowest BCUT2D eigenvalue weighted by atomic mass is 9.70. The van der Waals surface area contributed by atoms with Gasteiger partial charge in [-0.15, -0.1) is 0 Å². The second-order valence-corrected chi connectivity index (χ2v) is 7.93. The predicted molar refractivity (Wildman–Crippen MR) is 89.3 cm³/mol. The van der Waals surface area contributed by atoms with Crippen LogP contribution in [0.5, 0.6) is 0 Å². The van der Waals surface area contributed by atoms with Crippen molar-refractivity contribution in [3.8, 4) is 0 Å². The van der Waals surface area contributed by atoms with Gasteiger partial charge < -0.3 is 0 Å². The first-order valence-corrected chi connectivity index (χ1v) is 7.65. The van der Waals surface area contributed by atoms with Crippen LogP contribution in [0.3, 0.4) is 0 Å². The third-order valence-corrected chi connectivity index (χ3v) is 3.98. The van der Waals surface area contributed by atoms with Crippen LogP contribution < -0.4 is 0 Å². The summed E-state index contributed by atoms with van der Waals surface area (Å²) in [4.78, 5) is 12.9. The molecule has 0 unspecified atom stereocenters. The smallest absolute Gasteiger partial charge is 0.185 e. The van der Waals surface area contributed by atoms with Gasteiger partial charge in [0.25, 0.3) is 0 Å². The Labute approximate surface area is 128 Å². The van der Waals surface area contributed by atoms with Crippen LogP contribution >= 0.6 is 0 Å². The van der Waals surface area contributed by atoms with E-state index in [1.54, 1.807) is 0 Å². The molecule has 1 aromatic rings. The topological polar surface area (TPSA) is 17.1 Å². The van der Waals surface area contributed by atoms with E-state index < -0.39 is 0 Å². The number of Topliss-reactive ketones (excluding diaryl/α,β-unsaturated/α-hetero) is 1. The molecule has 0 amide bonds. The van der Waals surface area contributed by atoms with Gasteiger partial charge in [-0.05, 0) is 16.4 Å². The van der Waals surface area contributed by atoms with E-state index in [0.29, 0.717) is 0 Å². The number of hydrogen-bond donors (Lipinski definition) is 0. The maximum absolute atomic E-state index is 12.9. The molecule has 112 valence electrons. The highest BCUT2D eigenvalue weighted by Crippen LogP contribution is 2.41. The minimum absolute atomic E-state index is 0.130. The molecule has 0 radical (unpaired) electrons. The monoisotopic (exact) mass is 282 g/mol. The normalized spacial score (nSPS) is 17.5. The zero-order valence-electron chi connectivity index (χ0n) is 14.0. The number of carbonyl (C=O) groups excluding carboxylic acids is 1. The minimum Gasteiger partial charge on any atom is -0.289 e. The molecule has 0 spiro atoms. The summed E-state index contributed by atoms with van der Waals surface area (Å²) in [6.07, 6.45) is 4.29. The van der Waals surface area contributed by atoms with E-state index in [1.807, 2.05) is 6.07 Å². The number of benzene rings is 1. The average molecular weight is 282 g/mol. The van der Waals surface area contributed by atoms with Crippen LogP contribution in [0.1, 0.15) is 53.0 Å². The van der Waals surface area contributed by atoms with Gasteiger partial charge in [0.15, 0.2) is 5.78 Å². The third kappa shape index (κ3) is 3.34. The van der Waals surface area contributed by atoms with Gasteiger partial charge in [-0.25, -0.2) is 0 Å². The molecular weight excluding hydrogens is 256 g/mol. The fourth-order valence-electron chi connectivity index (χ4n) is 2.75. The molecule has 21 heavy (non-hydrogen) atoms. The Morgan fingerprint density at radius 2 is 1.19 bits per heavy atom. The maximum atomic E-state index is 12.9. The van der Waals surface area contributed by atoms with Crippen molar-refractivity contribution in [3.05, 3.63) is 59.2 Å². The van der Waals surface area contributed by atoms with Gasteiger partial charge in [0.05, 0.1) is 0 Å². The SMILES string of the molecule is CC(C)(C)C1=CC(c2ccccc2)C=C(C(C)(C)C)C1=O. The number of hydrogen-bond acceptors (Lipinski definition) is 1. The van der Waals surface area contributed by atoms with E-state index in [9.17, 15) is 4.79 Å². The Hall–Kier alpha value is -1.63. The molecule has 2 rings (SSSR count). The molecule has 0 fully saturated rings. The van der Waals surface area contributed by atoms with Crippen LogP contribution in [0.15, 0.2) is 53.6 Å². The number of rotatable bonds is 1. The van der Waals surface area contributed by atoms with Crippen LogP contribution in [0.2, 0.25) is 0 Å². The zero-order valence-corrected chi connectivity index (χ0v) is 14.0. The lowest BCUT2D eigenvalue weighted by molar-refractivity contribution is -0.114. The van der Waals surface area contributed by atoms with Crippen LogP contribution in [-0.4, -0.2) is 5.78 Å². The molecule has 1 aliphatic rings. The van der Waals surface area contributed by atoms with Gasteiger partial charge in [0, 0.05) is 17.1 Å². The van der Waals surface area contributed by atoms with Crippen LogP contribution in [0, 0.1) is 10.8 Å². The summed E-state index contributed by atoms with van der Waals surface area (Å²) in [5, 5.41) is 0. The second-order valence-electron chi connectivity index (χ2n) is 7.93. The van der Waals surface area contributed by atoms with E-state index in [-0.39, 0.29) is 22.5 Å². The summed E-state index contributed by atoms with van der Waals surface area (Å²) in [5.74, 6) is 0.398. The predicted octanol–water partition coefficient (Wildman–Crippen LogP) is 5.30. The van der Waals surface area contributed by atoms with Gasteiger partial charge >= 0.3 is 0 Å². The molecule has 1 nitrogen and oxygen atoms in total. The van der Waals surface area contributed by atoms with Crippen molar-refractivity contribution in [2.75, 3.05) is 0 Å². The fourth-order valence-corrected chi connectivity index (χ4v) is 2.75. The molecule has 0 aliphatic heterocycles. The summed E-state index contributed by atoms with van der Waals surface area (Å²) >= 11 is 0. The molecule has 0 bridgehead atoms. The molecule has 1 heteroatoms. The van der Waals surface area contributed by atoms with E-state index in [1.165, 1.54) is 5.56 Å². The molecule has 0 aromatic heterocycles. The lowest BCUT2D eigenvalue weighted by Gasteiger charge is -2.33. The second kappa shape index (κ2) is 5.29. The van der Waals surface area contributed by atoms with Crippen LogP contribution in [0.4, 0.5) is 0 Å². The fraction of sp³-hybridized carbons (Fsp3) is 0.450. The average Bonchev–Trinajstić information content (AvgIpc) is 2.37. The van der Waals surface area contributed by atoms with E-state index >= 15 is 0 Å². The first-order valence-electron chi connectivity index (χ1n) is 7.65. The van der Waals surface area contributed by atoms with Crippen molar-refractivity contribution in [1.82, 2.24) is 0 Å². The summed E-state index contributed by atoms with van der Waals surface area (Å²) in [5.41, 5.74) is 2.85. The highest BCUT2D eigenvalue weighted by molar-refractivity contribution is 6.11. The number of ketones is 1. The largest absolute Gasteiger partial charge is 0.289 e. The van der Waals surface area contributed by atoms with Crippen molar-refractivity contribution in [2.24, 2.45) is 10.8 Å². The highest BCUT2D eigenvalue weighted by Gasteiger charge is 2.35. The van der Waals surface area contributed by atoms with Crippen molar-refractivity contribution >= 4 is 5.78 Å². The van der Waals surface area contributed by atoms with Crippen molar-refractivity contribution in [2.45, 2.75) is 47.5 Å². The zero-order chi connectivity index (χ0) is 15.8. The Bertz CT molecular complexity index is 555. The van der Waals surface area contributed by atoms with E-state index in [2.05, 4.69) is 78.0 Å². The molecule has 1 aliphatic carbocycles. The van der Waals surface area contributed by atoms with Crippen LogP contribution in [-0.2, 0) is 4.79 Å². The molecule has 1 aromatic carbocycles. The molecular formula is C20H26O. The molecule has 0 atom stereocenters. The number of carbonyl (C=O) groups is 1. The standard InChI is InChI=1S/C20H26O/c1-19(2,3)16-12-15(14-10-8-7-9-11-14)13-17(18(16)21)20(4,5)6/h7-13,15H,1-6H3. The minimum atomic E-state index is -0.130. The van der Waals surface area contributed by atoms with Crippen molar-refractivity contribution in [3.63, 3.8) is 0 Å². The molecule has 0 heterocycles. The quantitative estimate of drug-likeness (QED) is 0.683. The molecule has 0 N–H and O–H groups in total. The Morgan fingerprint density at radius 3 is 1.57 bits per heavy atom. The van der Waals surface area contributed by atoms with Crippen molar-refractivity contribution in [1.29, 1.82) is 0 Å². The summed E-state index contributed by atoms with van der Waals surface area (Å²) in [6, 6.07) is 10.4. The number of allylic oxidation sites excluding steroid dienone is 4. The molecule has 0 saturated heterocycles. The first-order chi connectivity index (χ1) is 9.60. The Kier molecular flexibility index (Phi) is 3.97. The van der Waals surface area contributed by atoms with Crippen LogP contribution in [0.25, 0.3) is 0 Å². The summed E-state index contributed by atoms with van der Waals surface area (Å²) in [7, 11) is 0. The van der Waals surface area contributed by atoms with E-state index in [0.717, 1.165) is 11.1 Å². The van der Waals surface area contributed by atoms with Gasteiger partial charge in [0.1, 0.15) is 0 Å². The Balaban J connectivity index is 2.56. The van der Waals surface area contributed by atoms with E-state index in [4.69, 9.17) is 0 Å². The first kappa shape index (κ1) is 15.8. The lowest BCUT2D eigenvalue weighted by Crippen LogP contribution is -2.29. The van der Waals surface area contributed by atoms with Gasteiger partial charge in [-0.1, -0.05) is 84.0 Å². The van der Waals surface area contributed by atoms with Gasteiger partial charge in [-0.3, -0.25) is 4.79 Å².